The van der Waals surface area contributed by atoms with Gasteiger partial charge in [0.25, 0.3) is 0 Å². The number of aromatic nitrogens is 2. The first-order valence-corrected chi connectivity index (χ1v) is 5.82. The summed E-state index contributed by atoms with van der Waals surface area (Å²) in [7, 11) is 0. The number of hydrogen-bond donors (Lipinski definition) is 3. The lowest BCUT2D eigenvalue weighted by molar-refractivity contribution is 0.479. The molecule has 16 heavy (non-hydrogen) atoms. The summed E-state index contributed by atoms with van der Waals surface area (Å²) in [6.07, 6.45) is 4.26. The number of nitrogens with one attached hydrogen (secondary N) is 3. The van der Waals surface area contributed by atoms with E-state index >= 15 is 0 Å². The molecule has 4 nitrogen and oxygen atoms in total. The minimum Gasteiger partial charge on any atom is -0.382 e. The standard InChI is InChI=1S/C12H16N4/c1-2-12-9(8-14-16-12)7-11(1)15-10-3-5-13-6-4-10/h1-2,7-8,10,13,15H,3-6H2,(H,14,16). The van der Waals surface area contributed by atoms with Crippen LogP contribution in [0.1, 0.15) is 12.8 Å². The van der Waals surface area contributed by atoms with Gasteiger partial charge in [0.15, 0.2) is 0 Å². The molecule has 3 N–H and O–H groups in total. The van der Waals surface area contributed by atoms with Gasteiger partial charge in [0.1, 0.15) is 0 Å². The molecule has 84 valence electrons. The van der Waals surface area contributed by atoms with E-state index in [1.807, 2.05) is 6.20 Å². The third-order valence-electron chi connectivity index (χ3n) is 3.15. The molecule has 1 aromatic carbocycles. The lowest BCUT2D eigenvalue weighted by Gasteiger charge is -2.24. The minimum atomic E-state index is 0.602. The Morgan fingerprint density at radius 3 is 3.00 bits per heavy atom. The Bertz CT molecular complexity index is 471. The van der Waals surface area contributed by atoms with Crippen molar-refractivity contribution in [2.24, 2.45) is 0 Å². The zero-order chi connectivity index (χ0) is 10.8. The van der Waals surface area contributed by atoms with Gasteiger partial charge in [-0.3, -0.25) is 5.10 Å². The molecule has 1 saturated heterocycles. The fourth-order valence-electron chi connectivity index (χ4n) is 2.23. The SMILES string of the molecule is c1cc2[nH]ncc2cc1NC1CCNCC1. The third-order valence-corrected chi connectivity index (χ3v) is 3.15. The fourth-order valence-corrected chi connectivity index (χ4v) is 2.23. The van der Waals surface area contributed by atoms with Crippen LogP contribution in [0.15, 0.2) is 24.4 Å². The predicted molar refractivity (Wildman–Crippen MR) is 65.6 cm³/mol. The van der Waals surface area contributed by atoms with E-state index in [1.54, 1.807) is 0 Å². The highest BCUT2D eigenvalue weighted by atomic mass is 15.1. The Morgan fingerprint density at radius 2 is 2.12 bits per heavy atom. The molecule has 2 aromatic rings. The second-order valence-corrected chi connectivity index (χ2v) is 4.34. The van der Waals surface area contributed by atoms with Crippen molar-refractivity contribution in [3.8, 4) is 0 Å². The molecule has 0 radical (unpaired) electrons. The van der Waals surface area contributed by atoms with E-state index in [-0.39, 0.29) is 0 Å². The van der Waals surface area contributed by atoms with Crippen molar-refractivity contribution in [3.05, 3.63) is 24.4 Å². The van der Waals surface area contributed by atoms with Gasteiger partial charge in [-0.25, -0.2) is 0 Å². The van der Waals surface area contributed by atoms with Gasteiger partial charge in [0.2, 0.25) is 0 Å². The molecule has 0 bridgehead atoms. The van der Waals surface area contributed by atoms with Gasteiger partial charge in [-0.05, 0) is 44.1 Å². The van der Waals surface area contributed by atoms with Crippen molar-refractivity contribution in [3.63, 3.8) is 0 Å². The molecule has 0 atom stereocenters. The summed E-state index contributed by atoms with van der Waals surface area (Å²) in [5.41, 5.74) is 2.29. The Balaban J connectivity index is 1.77. The van der Waals surface area contributed by atoms with Crippen LogP contribution in [0, 0.1) is 0 Å². The van der Waals surface area contributed by atoms with Gasteiger partial charge in [-0.1, -0.05) is 0 Å². The maximum absolute atomic E-state index is 4.03. The highest BCUT2D eigenvalue weighted by Gasteiger charge is 2.12. The Hall–Kier alpha value is -1.55. The maximum Gasteiger partial charge on any atom is 0.0651 e. The molecule has 2 heterocycles. The molecule has 0 amide bonds. The number of nitrogens with zero attached hydrogens (tertiary/aromatic N) is 1. The third kappa shape index (κ3) is 1.88. The minimum absolute atomic E-state index is 0.602. The van der Waals surface area contributed by atoms with Crippen molar-refractivity contribution in [2.75, 3.05) is 18.4 Å². The van der Waals surface area contributed by atoms with Crippen molar-refractivity contribution >= 4 is 16.6 Å². The van der Waals surface area contributed by atoms with Crippen LogP contribution in [0.5, 0.6) is 0 Å². The van der Waals surface area contributed by atoms with Gasteiger partial charge >= 0.3 is 0 Å². The van der Waals surface area contributed by atoms with E-state index in [2.05, 4.69) is 39.0 Å². The summed E-state index contributed by atoms with van der Waals surface area (Å²) in [5.74, 6) is 0. The van der Waals surface area contributed by atoms with Crippen molar-refractivity contribution in [1.29, 1.82) is 0 Å². The summed E-state index contributed by atoms with van der Waals surface area (Å²) in [6.45, 7) is 2.23. The summed E-state index contributed by atoms with van der Waals surface area (Å²) in [6, 6.07) is 6.94. The lowest BCUT2D eigenvalue weighted by atomic mass is 10.1. The highest BCUT2D eigenvalue weighted by molar-refractivity contribution is 5.81. The van der Waals surface area contributed by atoms with E-state index in [0.717, 1.165) is 18.6 Å². The number of benzene rings is 1. The van der Waals surface area contributed by atoms with Gasteiger partial charge in [-0.2, -0.15) is 5.10 Å². The molecule has 0 saturated carbocycles. The normalized spacial score (nSPS) is 17.8. The Morgan fingerprint density at radius 1 is 1.25 bits per heavy atom. The first-order valence-electron chi connectivity index (χ1n) is 5.82. The van der Waals surface area contributed by atoms with Crippen molar-refractivity contribution < 1.29 is 0 Å². The second-order valence-electron chi connectivity index (χ2n) is 4.34. The van der Waals surface area contributed by atoms with Crippen LogP contribution in [0.4, 0.5) is 5.69 Å². The molecular weight excluding hydrogens is 200 g/mol. The van der Waals surface area contributed by atoms with Gasteiger partial charge in [0.05, 0.1) is 11.7 Å². The summed E-state index contributed by atoms with van der Waals surface area (Å²) < 4.78 is 0. The number of aromatic amines is 1. The average Bonchev–Trinajstić information content (AvgIpc) is 2.77. The van der Waals surface area contributed by atoms with E-state index in [0.29, 0.717) is 6.04 Å². The molecule has 3 rings (SSSR count). The predicted octanol–water partition coefficient (Wildman–Crippen LogP) is 1.73. The van der Waals surface area contributed by atoms with Crippen LogP contribution in [0.3, 0.4) is 0 Å². The van der Waals surface area contributed by atoms with E-state index in [9.17, 15) is 0 Å². The van der Waals surface area contributed by atoms with Gasteiger partial charge < -0.3 is 10.6 Å². The molecule has 1 fully saturated rings. The van der Waals surface area contributed by atoms with Crippen LogP contribution in [-0.4, -0.2) is 29.3 Å². The van der Waals surface area contributed by atoms with Crippen molar-refractivity contribution in [1.82, 2.24) is 15.5 Å². The first-order chi connectivity index (χ1) is 7.92. The van der Waals surface area contributed by atoms with E-state index < -0.39 is 0 Å². The van der Waals surface area contributed by atoms with Crippen LogP contribution >= 0.6 is 0 Å². The van der Waals surface area contributed by atoms with E-state index in [1.165, 1.54) is 23.9 Å². The smallest absolute Gasteiger partial charge is 0.0651 e. The number of rotatable bonds is 2. The van der Waals surface area contributed by atoms with Crippen molar-refractivity contribution in [2.45, 2.75) is 18.9 Å². The van der Waals surface area contributed by atoms with Crippen LogP contribution in [0.2, 0.25) is 0 Å². The molecule has 0 unspecified atom stereocenters. The lowest BCUT2D eigenvalue weighted by Crippen LogP contribution is -2.35. The maximum atomic E-state index is 4.03. The number of fused-ring (bicyclic) bond motifs is 1. The fraction of sp³-hybridized carbons (Fsp3) is 0.417. The summed E-state index contributed by atoms with van der Waals surface area (Å²) in [4.78, 5) is 0. The molecule has 1 aliphatic rings. The number of piperidine rings is 1. The van der Waals surface area contributed by atoms with Crippen LogP contribution < -0.4 is 10.6 Å². The average molecular weight is 216 g/mol. The quantitative estimate of drug-likeness (QED) is 0.716. The van der Waals surface area contributed by atoms with Gasteiger partial charge in [-0.15, -0.1) is 0 Å². The zero-order valence-electron chi connectivity index (χ0n) is 9.16. The number of anilines is 1. The first kappa shape index (κ1) is 9.66. The van der Waals surface area contributed by atoms with Crippen LogP contribution in [0.25, 0.3) is 10.9 Å². The molecule has 1 aliphatic heterocycles. The monoisotopic (exact) mass is 216 g/mol. The second kappa shape index (κ2) is 4.14. The Kier molecular flexibility index (Phi) is 2.50. The van der Waals surface area contributed by atoms with Gasteiger partial charge in [0, 0.05) is 17.1 Å². The van der Waals surface area contributed by atoms with Crippen LogP contribution in [-0.2, 0) is 0 Å². The molecule has 1 aromatic heterocycles. The van der Waals surface area contributed by atoms with E-state index in [4.69, 9.17) is 0 Å². The number of H-pyrrole nitrogens is 1. The molecular formula is C12H16N4. The largest absolute Gasteiger partial charge is 0.382 e. The topological polar surface area (TPSA) is 52.7 Å². The summed E-state index contributed by atoms with van der Waals surface area (Å²) >= 11 is 0. The molecule has 0 spiro atoms. The summed E-state index contributed by atoms with van der Waals surface area (Å²) in [5, 5.41) is 15.1. The molecule has 4 heteroatoms. The number of hydrogen-bond acceptors (Lipinski definition) is 3. The highest BCUT2D eigenvalue weighted by Crippen LogP contribution is 2.19. The molecule has 0 aliphatic carbocycles. The zero-order valence-corrected chi connectivity index (χ0v) is 9.16. The Labute approximate surface area is 94.4 Å².